The van der Waals surface area contributed by atoms with Crippen molar-refractivity contribution in [1.82, 2.24) is 5.32 Å². The van der Waals surface area contributed by atoms with Gasteiger partial charge >= 0.3 is 0 Å². The van der Waals surface area contributed by atoms with Crippen LogP contribution in [0.25, 0.3) is 0 Å². The van der Waals surface area contributed by atoms with Gasteiger partial charge in [0.2, 0.25) is 5.91 Å². The van der Waals surface area contributed by atoms with Crippen molar-refractivity contribution in [3.05, 3.63) is 35.9 Å². The van der Waals surface area contributed by atoms with E-state index in [4.69, 9.17) is 10.5 Å². The molecule has 3 N–H and O–H groups in total. The molecule has 0 spiro atoms. The average Bonchev–Trinajstić information content (AvgIpc) is 2.67. The lowest BCUT2D eigenvalue weighted by Gasteiger charge is -2.44. The summed E-state index contributed by atoms with van der Waals surface area (Å²) in [5.41, 5.74) is 7.72. The van der Waals surface area contributed by atoms with Crippen molar-refractivity contribution in [2.75, 3.05) is 19.8 Å². The quantitative estimate of drug-likeness (QED) is 0.872. The van der Waals surface area contributed by atoms with Gasteiger partial charge in [-0.15, -0.1) is 0 Å². The largest absolute Gasteiger partial charge is 0.381 e. The van der Waals surface area contributed by atoms with Gasteiger partial charge in [0.15, 0.2) is 0 Å². The molecule has 2 atom stereocenters. The first-order chi connectivity index (χ1) is 12.7. The van der Waals surface area contributed by atoms with Crippen LogP contribution < -0.4 is 11.1 Å². The predicted molar refractivity (Wildman–Crippen MR) is 103 cm³/mol. The second-order valence-corrected chi connectivity index (χ2v) is 8.67. The maximum atomic E-state index is 13.0. The van der Waals surface area contributed by atoms with Gasteiger partial charge in [0.1, 0.15) is 0 Å². The highest BCUT2D eigenvalue weighted by molar-refractivity contribution is 5.79. The van der Waals surface area contributed by atoms with Gasteiger partial charge in [0, 0.05) is 37.1 Å². The second-order valence-electron chi connectivity index (χ2n) is 8.67. The summed E-state index contributed by atoms with van der Waals surface area (Å²) in [7, 11) is 0. The summed E-state index contributed by atoms with van der Waals surface area (Å²) in [6.45, 7) is 2.26. The molecule has 1 aromatic rings. The molecular weight excluding hydrogens is 324 g/mol. The molecule has 1 amide bonds. The van der Waals surface area contributed by atoms with E-state index in [1.54, 1.807) is 0 Å². The number of nitrogens with one attached hydrogen (secondary N) is 1. The van der Waals surface area contributed by atoms with Crippen molar-refractivity contribution in [1.29, 1.82) is 0 Å². The number of amides is 1. The summed E-state index contributed by atoms with van der Waals surface area (Å²) in [4.78, 5) is 13.0. The van der Waals surface area contributed by atoms with Gasteiger partial charge in [-0.05, 0) is 55.9 Å². The summed E-state index contributed by atoms with van der Waals surface area (Å²) >= 11 is 0. The normalized spacial score (nSPS) is 33.4. The molecule has 1 saturated heterocycles. The molecule has 2 saturated carbocycles. The zero-order valence-electron chi connectivity index (χ0n) is 15.7. The Balaban J connectivity index is 1.42. The highest BCUT2D eigenvalue weighted by Crippen LogP contribution is 2.42. The summed E-state index contributed by atoms with van der Waals surface area (Å²) in [5, 5.41) is 3.33. The van der Waals surface area contributed by atoms with Gasteiger partial charge in [-0.2, -0.15) is 0 Å². The van der Waals surface area contributed by atoms with Crippen molar-refractivity contribution in [3.8, 4) is 0 Å². The lowest BCUT2D eigenvalue weighted by Crippen LogP contribution is -2.51. The fourth-order valence-corrected chi connectivity index (χ4v) is 5.53. The number of hydrogen-bond acceptors (Lipinski definition) is 3. The molecule has 1 aliphatic heterocycles. The number of carbonyl (C=O) groups is 1. The molecule has 3 fully saturated rings. The Hall–Kier alpha value is -1.39. The number of hydrogen-bond donors (Lipinski definition) is 2. The Kier molecular flexibility index (Phi) is 5.32. The standard InChI is InChI=1S/C22H32N2O2/c23-20-16-5-4-6-17(20)14-18(13-16)21(25)24-15-22(9-11-26-12-10-22)19-7-2-1-3-8-19/h1-3,7-8,16-18,20H,4-6,9-15,23H2,(H,24,25). The van der Waals surface area contributed by atoms with Crippen LogP contribution in [0.15, 0.2) is 30.3 Å². The van der Waals surface area contributed by atoms with Gasteiger partial charge in [0.05, 0.1) is 0 Å². The third-order valence-electron chi connectivity index (χ3n) is 7.22. The van der Waals surface area contributed by atoms with E-state index in [2.05, 4.69) is 35.6 Å². The van der Waals surface area contributed by atoms with Gasteiger partial charge in [-0.3, -0.25) is 4.79 Å². The van der Waals surface area contributed by atoms with Crippen LogP contribution in [0.3, 0.4) is 0 Å². The topological polar surface area (TPSA) is 64.4 Å². The van der Waals surface area contributed by atoms with Crippen molar-refractivity contribution < 1.29 is 9.53 Å². The summed E-state index contributed by atoms with van der Waals surface area (Å²) < 4.78 is 5.60. The lowest BCUT2D eigenvalue weighted by molar-refractivity contribution is -0.128. The van der Waals surface area contributed by atoms with Crippen molar-refractivity contribution in [3.63, 3.8) is 0 Å². The summed E-state index contributed by atoms with van der Waals surface area (Å²) in [5.74, 6) is 1.49. The molecular formula is C22H32N2O2. The highest BCUT2D eigenvalue weighted by atomic mass is 16.5. The van der Waals surface area contributed by atoms with Crippen molar-refractivity contribution in [2.45, 2.75) is 56.4 Å². The number of rotatable bonds is 4. The predicted octanol–water partition coefficient (Wildman–Crippen LogP) is 3.00. The number of benzene rings is 1. The molecule has 142 valence electrons. The maximum Gasteiger partial charge on any atom is 0.223 e. The van der Waals surface area contributed by atoms with E-state index in [1.807, 2.05) is 0 Å². The van der Waals surface area contributed by atoms with E-state index >= 15 is 0 Å². The Morgan fingerprint density at radius 2 is 1.77 bits per heavy atom. The minimum Gasteiger partial charge on any atom is -0.381 e. The van der Waals surface area contributed by atoms with Gasteiger partial charge in [0.25, 0.3) is 0 Å². The van der Waals surface area contributed by atoms with Crippen molar-refractivity contribution in [2.24, 2.45) is 23.5 Å². The molecule has 0 aromatic heterocycles. The molecule has 2 aliphatic carbocycles. The molecule has 1 aromatic carbocycles. The number of carbonyl (C=O) groups excluding carboxylic acids is 1. The first-order valence-electron chi connectivity index (χ1n) is 10.3. The Morgan fingerprint density at radius 3 is 2.42 bits per heavy atom. The van der Waals surface area contributed by atoms with E-state index < -0.39 is 0 Å². The summed E-state index contributed by atoms with van der Waals surface area (Å²) in [6.07, 6.45) is 7.58. The molecule has 4 heteroatoms. The average molecular weight is 357 g/mol. The minimum absolute atomic E-state index is 0.0100. The first kappa shape index (κ1) is 18.0. The molecule has 26 heavy (non-hydrogen) atoms. The molecule has 2 bridgehead atoms. The van der Waals surface area contributed by atoms with Crippen LogP contribution in [0.1, 0.15) is 50.5 Å². The van der Waals surface area contributed by atoms with Gasteiger partial charge < -0.3 is 15.8 Å². The van der Waals surface area contributed by atoms with Crippen molar-refractivity contribution >= 4 is 5.91 Å². The van der Waals surface area contributed by atoms with Crippen LogP contribution >= 0.6 is 0 Å². The van der Waals surface area contributed by atoms with Crippen LogP contribution in [0.2, 0.25) is 0 Å². The van der Waals surface area contributed by atoms with E-state index in [9.17, 15) is 4.79 Å². The zero-order chi connectivity index (χ0) is 18.0. The van der Waals surface area contributed by atoms with Crippen LogP contribution in [-0.4, -0.2) is 31.7 Å². The van der Waals surface area contributed by atoms with E-state index in [1.165, 1.54) is 24.8 Å². The van der Waals surface area contributed by atoms with Gasteiger partial charge in [-0.1, -0.05) is 36.8 Å². The smallest absolute Gasteiger partial charge is 0.223 e. The Morgan fingerprint density at radius 1 is 1.12 bits per heavy atom. The monoisotopic (exact) mass is 356 g/mol. The first-order valence-corrected chi connectivity index (χ1v) is 10.3. The SMILES string of the molecule is NC1C2CCCC1CC(C(=O)NCC1(c3ccccc3)CCOCC1)C2. The maximum absolute atomic E-state index is 13.0. The van der Waals surface area contributed by atoms with Crippen LogP contribution in [0.4, 0.5) is 0 Å². The fraction of sp³-hybridized carbons (Fsp3) is 0.682. The minimum atomic E-state index is 0.0100. The molecule has 4 rings (SSSR count). The van der Waals surface area contributed by atoms with Crippen LogP contribution in [-0.2, 0) is 14.9 Å². The Labute approximate surface area is 156 Å². The fourth-order valence-electron chi connectivity index (χ4n) is 5.53. The molecule has 3 aliphatic rings. The second kappa shape index (κ2) is 7.69. The lowest BCUT2D eigenvalue weighted by atomic mass is 9.65. The third-order valence-corrected chi connectivity index (χ3v) is 7.22. The number of ether oxygens (including phenoxy) is 1. The highest BCUT2D eigenvalue weighted by Gasteiger charge is 2.41. The molecule has 0 radical (unpaired) electrons. The van der Waals surface area contributed by atoms with Crippen LogP contribution in [0.5, 0.6) is 0 Å². The third kappa shape index (κ3) is 3.54. The van der Waals surface area contributed by atoms with Gasteiger partial charge in [-0.25, -0.2) is 0 Å². The molecule has 1 heterocycles. The van der Waals surface area contributed by atoms with E-state index in [0.717, 1.165) is 45.4 Å². The molecule has 2 unspecified atom stereocenters. The Bertz CT molecular complexity index is 598. The molecule has 4 nitrogen and oxygen atoms in total. The van der Waals surface area contributed by atoms with E-state index in [0.29, 0.717) is 17.9 Å². The summed E-state index contributed by atoms with van der Waals surface area (Å²) in [6, 6.07) is 11.0. The number of nitrogens with two attached hydrogens (primary N) is 1. The zero-order valence-corrected chi connectivity index (χ0v) is 15.7. The van der Waals surface area contributed by atoms with Crippen LogP contribution in [0, 0.1) is 17.8 Å². The number of fused-ring (bicyclic) bond motifs is 2. The van der Waals surface area contributed by atoms with E-state index in [-0.39, 0.29) is 17.2 Å².